The lowest BCUT2D eigenvalue weighted by Crippen LogP contribution is -2.25. The van der Waals surface area contributed by atoms with E-state index in [1.807, 2.05) is 18.2 Å². The minimum Gasteiger partial charge on any atom is -0.465 e. The highest BCUT2D eigenvalue weighted by molar-refractivity contribution is 7.99. The Hall–Kier alpha value is -2.12. The van der Waals surface area contributed by atoms with Gasteiger partial charge in [-0.25, -0.2) is 4.98 Å². The Morgan fingerprint density at radius 2 is 2.03 bits per heavy atom. The molecule has 0 bridgehead atoms. The topological polar surface area (TPSA) is 61.2 Å². The van der Waals surface area contributed by atoms with Crippen molar-refractivity contribution in [1.82, 2.24) is 9.55 Å². The van der Waals surface area contributed by atoms with E-state index in [9.17, 15) is 9.59 Å². The summed E-state index contributed by atoms with van der Waals surface area (Å²) < 4.78 is 6.80. The number of aromatic nitrogens is 2. The summed E-state index contributed by atoms with van der Waals surface area (Å²) in [6.45, 7) is 2.69. The Balaban J connectivity index is 1.71. The molecule has 0 unspecified atom stereocenters. The van der Waals surface area contributed by atoms with Crippen molar-refractivity contribution in [2.45, 2.75) is 50.7 Å². The first-order valence-corrected chi connectivity index (χ1v) is 11.8. The van der Waals surface area contributed by atoms with E-state index in [0.717, 1.165) is 35.9 Å². The summed E-state index contributed by atoms with van der Waals surface area (Å²) in [5.74, 6) is -0.130. The normalized spacial score (nSPS) is 13.4. The molecule has 1 aliphatic rings. The molecule has 1 aromatic carbocycles. The first-order chi connectivity index (χ1) is 14.2. The lowest BCUT2D eigenvalue weighted by molar-refractivity contribution is -0.139. The molecular formula is C22H24N2O3S2. The summed E-state index contributed by atoms with van der Waals surface area (Å²) >= 11 is 2.93. The van der Waals surface area contributed by atoms with Gasteiger partial charge in [-0.05, 0) is 50.2 Å². The van der Waals surface area contributed by atoms with Gasteiger partial charge >= 0.3 is 5.97 Å². The Morgan fingerprint density at radius 3 is 2.83 bits per heavy atom. The van der Waals surface area contributed by atoms with Crippen LogP contribution in [-0.2, 0) is 35.3 Å². The maximum absolute atomic E-state index is 13.5. The van der Waals surface area contributed by atoms with E-state index in [4.69, 9.17) is 9.72 Å². The van der Waals surface area contributed by atoms with Crippen LogP contribution in [-0.4, -0.2) is 27.9 Å². The quantitative estimate of drug-likeness (QED) is 0.320. The second-order valence-electron chi connectivity index (χ2n) is 7.07. The maximum Gasteiger partial charge on any atom is 0.316 e. The van der Waals surface area contributed by atoms with Gasteiger partial charge in [0, 0.05) is 11.4 Å². The molecule has 2 heterocycles. The second-order valence-corrected chi connectivity index (χ2v) is 9.10. The fourth-order valence-electron chi connectivity index (χ4n) is 3.74. The van der Waals surface area contributed by atoms with Crippen LogP contribution in [0.15, 0.2) is 40.3 Å². The van der Waals surface area contributed by atoms with Crippen molar-refractivity contribution in [1.29, 1.82) is 0 Å². The standard InChI is InChI=1S/C22H24N2O3S2/c1-2-27-18(25)14-28-22-23-20-19(16-10-6-7-11-17(16)29-20)21(26)24(22)13-12-15-8-4-3-5-9-15/h3-5,8-9H,2,6-7,10-14H2,1H3. The number of aryl methyl sites for hydroxylation is 3. The zero-order chi connectivity index (χ0) is 20.2. The Morgan fingerprint density at radius 1 is 1.24 bits per heavy atom. The number of nitrogens with zero attached hydrogens (tertiary/aromatic N) is 2. The number of hydrogen-bond acceptors (Lipinski definition) is 6. The summed E-state index contributed by atoms with van der Waals surface area (Å²) in [6, 6.07) is 10.1. The van der Waals surface area contributed by atoms with E-state index in [1.165, 1.54) is 34.2 Å². The molecule has 0 atom stereocenters. The molecule has 7 heteroatoms. The summed E-state index contributed by atoms with van der Waals surface area (Å²) in [5, 5.41) is 1.39. The van der Waals surface area contributed by atoms with E-state index in [0.29, 0.717) is 18.3 Å². The molecule has 3 aromatic rings. The monoisotopic (exact) mass is 428 g/mol. The number of carbonyl (C=O) groups is 1. The lowest BCUT2D eigenvalue weighted by atomic mass is 9.97. The third-order valence-corrected chi connectivity index (χ3v) is 7.27. The van der Waals surface area contributed by atoms with E-state index in [1.54, 1.807) is 22.8 Å². The Kier molecular flexibility index (Phi) is 6.35. The summed E-state index contributed by atoms with van der Waals surface area (Å²) in [6.07, 6.45) is 5.03. The number of benzene rings is 1. The van der Waals surface area contributed by atoms with Gasteiger partial charge in [0.15, 0.2) is 5.16 Å². The van der Waals surface area contributed by atoms with Crippen LogP contribution >= 0.6 is 23.1 Å². The number of thioether (sulfide) groups is 1. The number of carbonyl (C=O) groups excluding carboxylic acids is 1. The van der Waals surface area contributed by atoms with Gasteiger partial charge in [0.25, 0.3) is 5.56 Å². The van der Waals surface area contributed by atoms with Crippen LogP contribution in [0, 0.1) is 0 Å². The SMILES string of the molecule is CCOC(=O)CSc1nc2sc3c(c2c(=O)n1CCc1ccccc1)CCCC3. The first-order valence-electron chi connectivity index (χ1n) is 10.0. The summed E-state index contributed by atoms with van der Waals surface area (Å²) in [7, 11) is 0. The highest BCUT2D eigenvalue weighted by Crippen LogP contribution is 2.34. The van der Waals surface area contributed by atoms with Crippen LogP contribution in [0.1, 0.15) is 35.8 Å². The van der Waals surface area contributed by atoms with E-state index in [-0.39, 0.29) is 17.3 Å². The largest absolute Gasteiger partial charge is 0.465 e. The van der Waals surface area contributed by atoms with Gasteiger partial charge in [0.1, 0.15) is 4.83 Å². The number of hydrogen-bond donors (Lipinski definition) is 0. The predicted molar refractivity (Wildman–Crippen MR) is 118 cm³/mol. The van der Waals surface area contributed by atoms with Crippen LogP contribution in [0.4, 0.5) is 0 Å². The van der Waals surface area contributed by atoms with Crippen LogP contribution in [0.5, 0.6) is 0 Å². The molecular weight excluding hydrogens is 404 g/mol. The molecule has 152 valence electrons. The van der Waals surface area contributed by atoms with Crippen molar-refractivity contribution in [3.8, 4) is 0 Å². The van der Waals surface area contributed by atoms with E-state index in [2.05, 4.69) is 12.1 Å². The molecule has 0 saturated heterocycles. The van der Waals surface area contributed by atoms with Crippen LogP contribution in [0.2, 0.25) is 0 Å². The molecule has 1 aliphatic carbocycles. The van der Waals surface area contributed by atoms with Gasteiger partial charge in [-0.2, -0.15) is 0 Å². The van der Waals surface area contributed by atoms with Crippen molar-refractivity contribution in [2.24, 2.45) is 0 Å². The van der Waals surface area contributed by atoms with Crippen LogP contribution in [0.25, 0.3) is 10.2 Å². The fourth-order valence-corrected chi connectivity index (χ4v) is 5.86. The maximum atomic E-state index is 13.5. The Bertz CT molecular complexity index is 1070. The first kappa shape index (κ1) is 20.2. The molecule has 5 nitrogen and oxygen atoms in total. The average Bonchev–Trinajstić information content (AvgIpc) is 3.11. The number of fused-ring (bicyclic) bond motifs is 3. The molecule has 0 radical (unpaired) electrons. The summed E-state index contributed by atoms with van der Waals surface area (Å²) in [4.78, 5) is 32.3. The molecule has 0 fully saturated rings. The lowest BCUT2D eigenvalue weighted by Gasteiger charge is -2.13. The molecule has 2 aromatic heterocycles. The van der Waals surface area contributed by atoms with Crippen molar-refractivity contribution in [3.05, 3.63) is 56.7 Å². The van der Waals surface area contributed by atoms with Gasteiger partial charge in [0.05, 0.1) is 17.7 Å². The van der Waals surface area contributed by atoms with Gasteiger partial charge < -0.3 is 4.74 Å². The Labute approximate surface area is 178 Å². The van der Waals surface area contributed by atoms with E-state index >= 15 is 0 Å². The zero-order valence-electron chi connectivity index (χ0n) is 16.5. The average molecular weight is 429 g/mol. The number of ether oxygens (including phenoxy) is 1. The van der Waals surface area contributed by atoms with Crippen molar-refractivity contribution >= 4 is 39.3 Å². The molecule has 0 amide bonds. The molecule has 29 heavy (non-hydrogen) atoms. The van der Waals surface area contributed by atoms with Crippen LogP contribution in [0.3, 0.4) is 0 Å². The fraction of sp³-hybridized carbons (Fsp3) is 0.409. The minimum absolute atomic E-state index is 0.0247. The van der Waals surface area contributed by atoms with Gasteiger partial charge in [-0.3, -0.25) is 14.2 Å². The molecule has 4 rings (SSSR count). The zero-order valence-corrected chi connectivity index (χ0v) is 18.1. The molecule has 0 N–H and O–H groups in total. The van der Waals surface area contributed by atoms with Crippen molar-refractivity contribution in [2.75, 3.05) is 12.4 Å². The molecule has 0 saturated carbocycles. The number of rotatable bonds is 7. The third-order valence-electron chi connectivity index (χ3n) is 5.13. The highest BCUT2D eigenvalue weighted by Gasteiger charge is 2.22. The predicted octanol–water partition coefficient (Wildman–Crippen LogP) is 4.23. The third kappa shape index (κ3) is 4.41. The summed E-state index contributed by atoms with van der Waals surface area (Å²) in [5.41, 5.74) is 2.40. The second kappa shape index (κ2) is 9.13. The van der Waals surface area contributed by atoms with Crippen molar-refractivity contribution in [3.63, 3.8) is 0 Å². The number of esters is 1. The van der Waals surface area contributed by atoms with Gasteiger partial charge in [-0.1, -0.05) is 42.1 Å². The van der Waals surface area contributed by atoms with Crippen LogP contribution < -0.4 is 5.56 Å². The van der Waals surface area contributed by atoms with Gasteiger partial charge in [0.2, 0.25) is 0 Å². The smallest absolute Gasteiger partial charge is 0.316 e. The van der Waals surface area contributed by atoms with Crippen molar-refractivity contribution < 1.29 is 9.53 Å². The highest BCUT2D eigenvalue weighted by atomic mass is 32.2. The molecule has 0 aliphatic heterocycles. The minimum atomic E-state index is -0.285. The molecule has 0 spiro atoms. The number of thiophene rings is 1. The van der Waals surface area contributed by atoms with Gasteiger partial charge in [-0.15, -0.1) is 11.3 Å². The van der Waals surface area contributed by atoms with E-state index < -0.39 is 0 Å².